The summed E-state index contributed by atoms with van der Waals surface area (Å²) in [5.41, 5.74) is 6.90. The number of methoxy groups -OCH3 is 1. The molecule has 1 heterocycles. The van der Waals surface area contributed by atoms with Crippen LogP contribution in [0.1, 0.15) is 27.8 Å². The van der Waals surface area contributed by atoms with Gasteiger partial charge in [-0.3, -0.25) is 4.79 Å². The van der Waals surface area contributed by atoms with Crippen LogP contribution in [0.2, 0.25) is 0 Å². The zero-order chi connectivity index (χ0) is 19.6. The van der Waals surface area contributed by atoms with Crippen molar-refractivity contribution in [2.24, 2.45) is 4.99 Å². The first-order valence-electron chi connectivity index (χ1n) is 9.12. The summed E-state index contributed by atoms with van der Waals surface area (Å²) in [6.07, 6.45) is 0.322. The highest BCUT2D eigenvalue weighted by Gasteiger charge is 2.11. The predicted molar refractivity (Wildman–Crippen MR) is 111 cm³/mol. The van der Waals surface area contributed by atoms with E-state index in [1.54, 1.807) is 18.4 Å². The summed E-state index contributed by atoms with van der Waals surface area (Å²) < 4.78 is 8.54. The number of ether oxygens (including phenoxy) is 1. The number of rotatable bonds is 5. The van der Waals surface area contributed by atoms with E-state index in [4.69, 9.17) is 4.74 Å². The molecule has 0 spiro atoms. The van der Waals surface area contributed by atoms with Gasteiger partial charge in [0.25, 0.3) is 5.91 Å². The number of fused-ring (bicyclic) bond motifs is 1. The second-order valence-electron chi connectivity index (χ2n) is 7.07. The van der Waals surface area contributed by atoms with Gasteiger partial charge >= 0.3 is 0 Å². The number of carbonyl (C=O) groups excluding carboxylic acids is 1. The summed E-state index contributed by atoms with van der Waals surface area (Å²) in [5.74, 6) is -0.117. The minimum atomic E-state index is -0.117. The third-order valence-electron chi connectivity index (χ3n) is 4.69. The molecule has 3 rings (SSSR count). The zero-order valence-electron chi connectivity index (χ0n) is 16.6. The highest BCUT2D eigenvalue weighted by atomic mass is 32.1. The van der Waals surface area contributed by atoms with Crippen molar-refractivity contribution >= 4 is 27.5 Å². The lowest BCUT2D eigenvalue weighted by atomic mass is 10.0. The van der Waals surface area contributed by atoms with Crippen LogP contribution in [0.3, 0.4) is 0 Å². The molecule has 0 saturated heterocycles. The lowest BCUT2D eigenvalue weighted by molar-refractivity contribution is -0.117. The molecule has 0 aliphatic rings. The molecule has 1 amide bonds. The van der Waals surface area contributed by atoms with Gasteiger partial charge in [-0.05, 0) is 56.0 Å². The molecule has 142 valence electrons. The van der Waals surface area contributed by atoms with Crippen LogP contribution >= 0.6 is 11.3 Å². The van der Waals surface area contributed by atoms with E-state index in [-0.39, 0.29) is 5.91 Å². The van der Waals surface area contributed by atoms with E-state index in [9.17, 15) is 4.79 Å². The van der Waals surface area contributed by atoms with Crippen LogP contribution in [-0.2, 0) is 22.5 Å². The number of aromatic nitrogens is 1. The van der Waals surface area contributed by atoms with Crippen molar-refractivity contribution in [3.05, 3.63) is 63.0 Å². The maximum atomic E-state index is 12.7. The van der Waals surface area contributed by atoms with Crippen molar-refractivity contribution in [1.82, 2.24) is 4.57 Å². The molecule has 2 aromatic carbocycles. The van der Waals surface area contributed by atoms with Gasteiger partial charge in [-0.15, -0.1) is 0 Å². The molecule has 27 heavy (non-hydrogen) atoms. The molecule has 3 aromatic rings. The van der Waals surface area contributed by atoms with E-state index in [0.717, 1.165) is 21.4 Å². The average molecular weight is 383 g/mol. The highest BCUT2D eigenvalue weighted by Crippen LogP contribution is 2.23. The number of benzene rings is 2. The van der Waals surface area contributed by atoms with E-state index in [0.29, 0.717) is 19.6 Å². The van der Waals surface area contributed by atoms with Crippen molar-refractivity contribution in [3.63, 3.8) is 0 Å². The van der Waals surface area contributed by atoms with Gasteiger partial charge in [0.2, 0.25) is 0 Å². The average Bonchev–Trinajstić information content (AvgIpc) is 2.93. The van der Waals surface area contributed by atoms with E-state index < -0.39 is 0 Å². The topological polar surface area (TPSA) is 43.6 Å². The van der Waals surface area contributed by atoms with Gasteiger partial charge in [-0.25, -0.2) is 0 Å². The summed E-state index contributed by atoms with van der Waals surface area (Å²) in [7, 11) is 1.69. The minimum absolute atomic E-state index is 0.117. The summed E-state index contributed by atoms with van der Waals surface area (Å²) in [6.45, 7) is 9.55. The zero-order valence-corrected chi connectivity index (χ0v) is 17.4. The second kappa shape index (κ2) is 8.19. The maximum Gasteiger partial charge on any atom is 0.252 e. The Hall–Kier alpha value is -2.24. The van der Waals surface area contributed by atoms with Crippen molar-refractivity contribution in [2.75, 3.05) is 13.7 Å². The largest absolute Gasteiger partial charge is 0.383 e. The first-order valence-corrected chi connectivity index (χ1v) is 9.94. The lowest BCUT2D eigenvalue weighted by Crippen LogP contribution is -2.20. The molecular formula is C22H26N2O2S. The Labute approximate surface area is 164 Å². The Morgan fingerprint density at radius 3 is 2.52 bits per heavy atom. The van der Waals surface area contributed by atoms with Gasteiger partial charge in [0.05, 0.1) is 23.2 Å². The normalized spacial score (nSPS) is 12.1. The Balaban J connectivity index is 2.03. The summed E-state index contributed by atoms with van der Waals surface area (Å²) >= 11 is 1.58. The molecular weight excluding hydrogens is 356 g/mol. The number of aryl methyl sites for hydroxylation is 4. The van der Waals surface area contributed by atoms with Crippen LogP contribution in [0.5, 0.6) is 0 Å². The molecule has 0 saturated carbocycles. The summed E-state index contributed by atoms with van der Waals surface area (Å²) in [5, 5.41) is 0. The molecule has 1 aromatic heterocycles. The third kappa shape index (κ3) is 4.37. The Kier molecular flexibility index (Phi) is 5.92. The molecule has 5 heteroatoms. The highest BCUT2D eigenvalue weighted by molar-refractivity contribution is 7.16. The smallest absolute Gasteiger partial charge is 0.252 e. The molecule has 0 radical (unpaired) electrons. The van der Waals surface area contributed by atoms with Crippen LogP contribution in [0.4, 0.5) is 0 Å². The van der Waals surface area contributed by atoms with Crippen molar-refractivity contribution in [2.45, 2.75) is 40.7 Å². The fourth-order valence-electron chi connectivity index (χ4n) is 3.35. The number of hydrogen-bond acceptors (Lipinski definition) is 3. The molecule has 0 unspecified atom stereocenters. The minimum Gasteiger partial charge on any atom is -0.383 e. The standard InChI is InChI=1S/C22H26N2O2S/c1-14-6-7-18(16(3)10-14)13-20(25)23-22-24(8-9-26-5)19-12-15(2)11-17(4)21(19)27-22/h6-7,10-12H,8-9,13H2,1-5H3. The van der Waals surface area contributed by atoms with Crippen LogP contribution < -0.4 is 4.80 Å². The predicted octanol–water partition coefficient (Wildman–Crippen LogP) is 4.25. The molecule has 4 nitrogen and oxygen atoms in total. The maximum absolute atomic E-state index is 12.7. The molecule has 0 bridgehead atoms. The van der Waals surface area contributed by atoms with Crippen molar-refractivity contribution in [3.8, 4) is 0 Å². The van der Waals surface area contributed by atoms with Gasteiger partial charge in [-0.1, -0.05) is 41.2 Å². The monoisotopic (exact) mass is 382 g/mol. The van der Waals surface area contributed by atoms with Crippen molar-refractivity contribution in [1.29, 1.82) is 0 Å². The number of amides is 1. The summed E-state index contributed by atoms with van der Waals surface area (Å²) in [6, 6.07) is 10.5. The number of thiazole rings is 1. The lowest BCUT2D eigenvalue weighted by Gasteiger charge is -2.06. The number of nitrogens with zero attached hydrogens (tertiary/aromatic N) is 2. The van der Waals surface area contributed by atoms with Crippen LogP contribution in [0.25, 0.3) is 10.2 Å². The molecule has 0 aliphatic heterocycles. The Bertz CT molecular complexity index is 1060. The number of hydrogen-bond donors (Lipinski definition) is 0. The first-order chi connectivity index (χ1) is 12.9. The van der Waals surface area contributed by atoms with Gasteiger partial charge in [-0.2, -0.15) is 4.99 Å². The fourth-order valence-corrected chi connectivity index (χ4v) is 4.47. The molecule has 0 fully saturated rings. The summed E-state index contributed by atoms with van der Waals surface area (Å²) in [4.78, 5) is 17.9. The SMILES string of the molecule is COCCn1c(=NC(=O)Cc2ccc(C)cc2C)sc2c(C)cc(C)cc21. The van der Waals surface area contributed by atoms with Crippen LogP contribution in [0.15, 0.2) is 35.3 Å². The molecule has 0 atom stereocenters. The van der Waals surface area contributed by atoms with E-state index in [1.165, 1.54) is 21.4 Å². The fraction of sp³-hybridized carbons (Fsp3) is 0.364. The van der Waals surface area contributed by atoms with Crippen LogP contribution in [0, 0.1) is 27.7 Å². The number of carbonyl (C=O) groups is 1. The van der Waals surface area contributed by atoms with E-state index in [1.807, 2.05) is 19.1 Å². The van der Waals surface area contributed by atoms with Gasteiger partial charge in [0.1, 0.15) is 0 Å². The second-order valence-corrected chi connectivity index (χ2v) is 8.05. The molecule has 0 N–H and O–H groups in total. The first kappa shape index (κ1) is 19.5. The Morgan fingerprint density at radius 2 is 1.81 bits per heavy atom. The van der Waals surface area contributed by atoms with Gasteiger partial charge < -0.3 is 9.30 Å². The van der Waals surface area contributed by atoms with Crippen molar-refractivity contribution < 1.29 is 9.53 Å². The quantitative estimate of drug-likeness (QED) is 0.662. The van der Waals surface area contributed by atoms with E-state index in [2.05, 4.69) is 48.5 Å². The van der Waals surface area contributed by atoms with Gasteiger partial charge in [0, 0.05) is 13.7 Å². The van der Waals surface area contributed by atoms with Crippen LogP contribution in [-0.4, -0.2) is 24.2 Å². The van der Waals surface area contributed by atoms with E-state index >= 15 is 0 Å². The third-order valence-corrected chi connectivity index (χ3v) is 5.92. The van der Waals surface area contributed by atoms with Gasteiger partial charge in [0.15, 0.2) is 4.80 Å². The molecule has 0 aliphatic carbocycles. The Morgan fingerprint density at radius 1 is 1.07 bits per heavy atom.